The number of carbonyl (C=O) groups is 3. The minimum Gasteiger partial charge on any atom is -0.339 e. The Bertz CT molecular complexity index is 1110. The van der Waals surface area contributed by atoms with E-state index in [9.17, 15) is 27.2 Å². The average molecular weight is 462 g/mol. The van der Waals surface area contributed by atoms with Crippen LogP contribution in [0.2, 0.25) is 0 Å². The van der Waals surface area contributed by atoms with Gasteiger partial charge in [-0.3, -0.25) is 14.4 Å². The summed E-state index contributed by atoms with van der Waals surface area (Å²) in [6, 6.07) is 11.3. The van der Waals surface area contributed by atoms with Crippen molar-refractivity contribution in [2.24, 2.45) is 0 Å². The summed E-state index contributed by atoms with van der Waals surface area (Å²) < 4.78 is 40.9. The van der Waals surface area contributed by atoms with E-state index in [1.54, 1.807) is 11.0 Å². The van der Waals surface area contributed by atoms with Crippen molar-refractivity contribution >= 4 is 27.6 Å². The minimum absolute atomic E-state index is 0.00183. The van der Waals surface area contributed by atoms with Crippen LogP contribution in [0.25, 0.3) is 0 Å². The Balaban J connectivity index is 1.47. The van der Waals surface area contributed by atoms with Crippen molar-refractivity contribution < 1.29 is 27.2 Å². The summed E-state index contributed by atoms with van der Waals surface area (Å²) in [7, 11) is -3.80. The summed E-state index contributed by atoms with van der Waals surface area (Å²) in [6.45, 7) is 2.43. The van der Waals surface area contributed by atoms with Crippen LogP contribution in [0.5, 0.6) is 0 Å². The summed E-state index contributed by atoms with van der Waals surface area (Å²) in [5, 5.41) is 0. The van der Waals surface area contributed by atoms with Crippen LogP contribution in [0.4, 0.5) is 4.39 Å². The van der Waals surface area contributed by atoms with E-state index < -0.39 is 21.7 Å². The fourth-order valence-electron chi connectivity index (χ4n) is 3.37. The lowest BCUT2D eigenvalue weighted by Crippen LogP contribution is -2.51. The van der Waals surface area contributed by atoms with Gasteiger partial charge in [0, 0.05) is 44.7 Å². The summed E-state index contributed by atoms with van der Waals surface area (Å²) in [6.07, 6.45) is -0.0357. The van der Waals surface area contributed by atoms with Crippen molar-refractivity contribution in [2.45, 2.75) is 18.2 Å². The fourth-order valence-corrected chi connectivity index (χ4v) is 4.40. The first-order valence-electron chi connectivity index (χ1n) is 10.1. The number of piperazine rings is 1. The molecule has 0 spiro atoms. The van der Waals surface area contributed by atoms with Gasteiger partial charge in [0.05, 0.1) is 10.5 Å². The predicted octanol–water partition coefficient (Wildman–Crippen LogP) is 1.68. The van der Waals surface area contributed by atoms with Crippen LogP contribution in [0.1, 0.15) is 34.1 Å². The van der Waals surface area contributed by atoms with Gasteiger partial charge in [0.15, 0.2) is 5.78 Å². The summed E-state index contributed by atoms with van der Waals surface area (Å²) in [5.74, 6) is -1.40. The molecule has 1 saturated heterocycles. The van der Waals surface area contributed by atoms with Crippen LogP contribution < -0.4 is 4.72 Å². The Hall–Kier alpha value is -3.11. The van der Waals surface area contributed by atoms with E-state index in [4.69, 9.17) is 0 Å². The molecule has 8 nitrogen and oxygen atoms in total. The van der Waals surface area contributed by atoms with Gasteiger partial charge < -0.3 is 9.80 Å². The smallest absolute Gasteiger partial charge is 0.256 e. The number of nitrogens with one attached hydrogen (secondary N) is 1. The van der Waals surface area contributed by atoms with E-state index in [0.717, 1.165) is 0 Å². The Morgan fingerprint density at radius 2 is 1.53 bits per heavy atom. The fraction of sp³-hybridized carbons (Fsp3) is 0.318. The topological polar surface area (TPSA) is 104 Å². The van der Waals surface area contributed by atoms with E-state index in [-0.39, 0.29) is 61.3 Å². The largest absolute Gasteiger partial charge is 0.339 e. The number of carbonyl (C=O) groups excluding carboxylic acids is 3. The number of halogens is 1. The first-order valence-corrected chi connectivity index (χ1v) is 11.6. The maximum Gasteiger partial charge on any atom is 0.256 e. The molecule has 0 saturated carbocycles. The second-order valence-electron chi connectivity index (χ2n) is 7.38. The Morgan fingerprint density at radius 3 is 2.12 bits per heavy atom. The average Bonchev–Trinajstić information content (AvgIpc) is 2.79. The molecule has 1 fully saturated rings. The van der Waals surface area contributed by atoms with Crippen molar-refractivity contribution in [1.29, 1.82) is 0 Å². The summed E-state index contributed by atoms with van der Waals surface area (Å²) in [5.41, 5.74) is 0.407. The lowest BCUT2D eigenvalue weighted by atomic mass is 10.1. The molecule has 1 aliphatic heterocycles. The maximum atomic E-state index is 13.8. The van der Waals surface area contributed by atoms with E-state index in [0.29, 0.717) is 5.56 Å². The standard InChI is InChI=1S/C22H24FN3O5S/c1-16(27)17-6-8-18(9-7-17)32(30,31)24-11-10-21(28)25-12-14-26(15-13-25)22(29)19-4-2-3-5-20(19)23/h2-9,24H,10-15H2,1H3. The molecule has 32 heavy (non-hydrogen) atoms. The molecule has 0 atom stereocenters. The van der Waals surface area contributed by atoms with Crippen LogP contribution in [-0.2, 0) is 14.8 Å². The normalized spacial score (nSPS) is 14.3. The Kier molecular flexibility index (Phi) is 7.37. The number of sulfonamides is 1. The zero-order valence-electron chi connectivity index (χ0n) is 17.6. The molecule has 2 aromatic rings. The second kappa shape index (κ2) is 10.0. The SMILES string of the molecule is CC(=O)c1ccc(S(=O)(=O)NCCC(=O)N2CCN(C(=O)c3ccccc3F)CC2)cc1. The monoisotopic (exact) mass is 461 g/mol. The Morgan fingerprint density at radius 1 is 0.938 bits per heavy atom. The van der Waals surface area contributed by atoms with Gasteiger partial charge in [-0.15, -0.1) is 0 Å². The van der Waals surface area contributed by atoms with Crippen molar-refractivity contribution in [3.63, 3.8) is 0 Å². The third kappa shape index (κ3) is 5.57. The molecular formula is C22H24FN3O5S. The van der Waals surface area contributed by atoms with Crippen LogP contribution in [0.3, 0.4) is 0 Å². The zero-order valence-corrected chi connectivity index (χ0v) is 18.4. The quantitative estimate of drug-likeness (QED) is 0.632. The van der Waals surface area contributed by atoms with Crippen molar-refractivity contribution in [2.75, 3.05) is 32.7 Å². The molecule has 3 rings (SSSR count). The molecule has 1 N–H and O–H groups in total. The number of amides is 2. The number of hydrogen-bond donors (Lipinski definition) is 1. The minimum atomic E-state index is -3.80. The van der Waals surface area contributed by atoms with Crippen LogP contribution in [-0.4, -0.2) is 68.5 Å². The number of nitrogens with zero attached hydrogens (tertiary/aromatic N) is 2. The summed E-state index contributed by atoms with van der Waals surface area (Å²) in [4.78, 5) is 39.3. The van der Waals surface area contributed by atoms with Crippen molar-refractivity contribution in [1.82, 2.24) is 14.5 Å². The van der Waals surface area contributed by atoms with Gasteiger partial charge in [0.25, 0.3) is 5.91 Å². The van der Waals surface area contributed by atoms with Gasteiger partial charge in [-0.2, -0.15) is 0 Å². The van der Waals surface area contributed by atoms with Crippen LogP contribution in [0, 0.1) is 5.82 Å². The number of ketones is 1. The molecule has 0 bridgehead atoms. The highest BCUT2D eigenvalue weighted by atomic mass is 32.2. The van der Waals surface area contributed by atoms with Crippen molar-refractivity contribution in [3.8, 4) is 0 Å². The molecule has 2 aromatic carbocycles. The van der Waals surface area contributed by atoms with Crippen molar-refractivity contribution in [3.05, 3.63) is 65.5 Å². The summed E-state index contributed by atoms with van der Waals surface area (Å²) >= 11 is 0. The highest BCUT2D eigenvalue weighted by Crippen LogP contribution is 2.14. The van der Waals surface area contributed by atoms with Crippen LogP contribution >= 0.6 is 0 Å². The molecule has 170 valence electrons. The first kappa shape index (κ1) is 23.6. The first-order chi connectivity index (χ1) is 15.2. The van der Waals surface area contributed by atoms with E-state index in [2.05, 4.69) is 4.72 Å². The van der Waals surface area contributed by atoms with Gasteiger partial charge in [-0.05, 0) is 31.2 Å². The highest BCUT2D eigenvalue weighted by Gasteiger charge is 2.26. The van der Waals surface area contributed by atoms with E-state index in [1.807, 2.05) is 0 Å². The number of hydrogen-bond acceptors (Lipinski definition) is 5. The molecule has 1 aliphatic rings. The molecule has 0 aliphatic carbocycles. The third-order valence-corrected chi connectivity index (χ3v) is 6.70. The number of rotatable bonds is 7. The predicted molar refractivity (Wildman–Crippen MR) is 115 cm³/mol. The van der Waals surface area contributed by atoms with Crippen LogP contribution in [0.15, 0.2) is 53.4 Å². The van der Waals surface area contributed by atoms with E-state index in [1.165, 1.54) is 54.3 Å². The van der Waals surface area contributed by atoms with Gasteiger partial charge in [0.1, 0.15) is 5.82 Å². The van der Waals surface area contributed by atoms with Gasteiger partial charge in [0.2, 0.25) is 15.9 Å². The van der Waals surface area contributed by atoms with Gasteiger partial charge in [-0.1, -0.05) is 24.3 Å². The number of benzene rings is 2. The molecule has 2 amide bonds. The Labute approximate surface area is 186 Å². The molecule has 0 unspecified atom stereocenters. The molecule has 1 heterocycles. The van der Waals surface area contributed by atoms with Gasteiger partial charge in [-0.25, -0.2) is 17.5 Å². The molecule has 0 radical (unpaired) electrons. The number of Topliss-reactive ketones (excluding diaryl/α,β-unsaturated/α-hetero) is 1. The molecule has 10 heteroatoms. The second-order valence-corrected chi connectivity index (χ2v) is 9.15. The molecule has 0 aromatic heterocycles. The lowest BCUT2D eigenvalue weighted by molar-refractivity contribution is -0.132. The van der Waals surface area contributed by atoms with Gasteiger partial charge >= 0.3 is 0 Å². The van der Waals surface area contributed by atoms with E-state index >= 15 is 0 Å². The lowest BCUT2D eigenvalue weighted by Gasteiger charge is -2.35. The maximum absolute atomic E-state index is 13.8. The molecular weight excluding hydrogens is 437 g/mol. The highest BCUT2D eigenvalue weighted by molar-refractivity contribution is 7.89. The zero-order chi connectivity index (χ0) is 23.3. The third-order valence-electron chi connectivity index (χ3n) is 5.23.